The van der Waals surface area contributed by atoms with Gasteiger partial charge in [-0.05, 0) is 13.5 Å². The van der Waals surface area contributed by atoms with Gasteiger partial charge < -0.3 is 5.11 Å². The molecule has 0 fully saturated rings. The molecule has 0 aromatic heterocycles. The Morgan fingerprint density at radius 3 is 2.23 bits per heavy atom. The predicted octanol–water partition coefficient (Wildman–Crippen LogP) is 1.52. The SMILES string of the molecule is CCC(F)(NC)/C(F)=C(\F)C(=O)O. The number of carboxylic acids is 1. The monoisotopic (exact) mass is 197 g/mol. The van der Waals surface area contributed by atoms with Crippen molar-refractivity contribution in [2.24, 2.45) is 0 Å². The lowest BCUT2D eigenvalue weighted by atomic mass is 10.1. The van der Waals surface area contributed by atoms with Crippen molar-refractivity contribution in [1.29, 1.82) is 0 Å². The third kappa shape index (κ3) is 2.45. The fraction of sp³-hybridized carbons (Fsp3) is 0.571. The van der Waals surface area contributed by atoms with Gasteiger partial charge in [-0.25, -0.2) is 13.6 Å². The fourth-order valence-corrected chi connectivity index (χ4v) is 0.710. The minimum atomic E-state index is -2.75. The lowest BCUT2D eigenvalue weighted by Gasteiger charge is -2.20. The Hall–Kier alpha value is -1.04. The van der Waals surface area contributed by atoms with Gasteiger partial charge in [-0.3, -0.25) is 5.32 Å². The molecule has 0 radical (unpaired) electrons. The van der Waals surface area contributed by atoms with Gasteiger partial charge in [0.1, 0.15) is 0 Å². The summed E-state index contributed by atoms with van der Waals surface area (Å²) in [6.07, 6.45) is -0.407. The molecule has 6 heteroatoms. The van der Waals surface area contributed by atoms with Crippen molar-refractivity contribution >= 4 is 5.97 Å². The molecule has 0 aliphatic carbocycles. The van der Waals surface area contributed by atoms with Crippen molar-refractivity contribution < 1.29 is 23.1 Å². The summed E-state index contributed by atoms with van der Waals surface area (Å²) in [4.78, 5) is 9.95. The highest BCUT2D eigenvalue weighted by molar-refractivity contribution is 5.84. The molecule has 0 heterocycles. The third-order valence-corrected chi connectivity index (χ3v) is 1.61. The average Bonchev–Trinajstić information content (AvgIpc) is 2.14. The standard InChI is InChI=1S/C7H10F3NO2/c1-3-7(10,11-2)5(9)4(8)6(12)13/h11H,3H2,1-2H3,(H,12,13)/b5-4+. The van der Waals surface area contributed by atoms with Crippen LogP contribution in [0, 0.1) is 0 Å². The first kappa shape index (κ1) is 12.0. The number of carbonyl (C=O) groups is 1. The van der Waals surface area contributed by atoms with Crippen LogP contribution in [0.5, 0.6) is 0 Å². The number of aliphatic carboxylic acids is 1. The van der Waals surface area contributed by atoms with E-state index in [9.17, 15) is 18.0 Å². The molecular formula is C7H10F3NO2. The molecule has 0 saturated carbocycles. The fourth-order valence-electron chi connectivity index (χ4n) is 0.710. The summed E-state index contributed by atoms with van der Waals surface area (Å²) in [7, 11) is 1.07. The Morgan fingerprint density at radius 1 is 1.54 bits per heavy atom. The minimum Gasteiger partial charge on any atom is -0.476 e. The van der Waals surface area contributed by atoms with E-state index in [1.807, 2.05) is 5.32 Å². The van der Waals surface area contributed by atoms with E-state index in [-0.39, 0.29) is 0 Å². The van der Waals surface area contributed by atoms with Gasteiger partial charge in [0.15, 0.2) is 5.83 Å². The van der Waals surface area contributed by atoms with Crippen molar-refractivity contribution in [3.8, 4) is 0 Å². The van der Waals surface area contributed by atoms with Gasteiger partial charge in [-0.1, -0.05) is 6.92 Å². The van der Waals surface area contributed by atoms with Gasteiger partial charge in [0.05, 0.1) is 0 Å². The van der Waals surface area contributed by atoms with Crippen LogP contribution in [0.4, 0.5) is 13.2 Å². The molecule has 13 heavy (non-hydrogen) atoms. The van der Waals surface area contributed by atoms with Gasteiger partial charge >= 0.3 is 5.97 Å². The number of likely N-dealkylation sites (N-methyl/N-ethyl adjacent to an activating group) is 1. The zero-order valence-corrected chi connectivity index (χ0v) is 7.20. The number of halogens is 3. The number of hydrogen-bond acceptors (Lipinski definition) is 2. The molecule has 0 aromatic rings. The van der Waals surface area contributed by atoms with Crippen molar-refractivity contribution in [2.45, 2.75) is 19.1 Å². The highest BCUT2D eigenvalue weighted by Crippen LogP contribution is 2.27. The minimum absolute atomic E-state index is 0.407. The highest BCUT2D eigenvalue weighted by Gasteiger charge is 2.36. The second-order valence-electron chi connectivity index (χ2n) is 2.34. The van der Waals surface area contributed by atoms with Gasteiger partial charge in [0, 0.05) is 0 Å². The van der Waals surface area contributed by atoms with Gasteiger partial charge in [-0.15, -0.1) is 0 Å². The summed E-state index contributed by atoms with van der Waals surface area (Å²) < 4.78 is 38.4. The van der Waals surface area contributed by atoms with Gasteiger partial charge in [0.25, 0.3) is 0 Å². The highest BCUT2D eigenvalue weighted by atomic mass is 19.2. The molecule has 0 bridgehead atoms. The van der Waals surface area contributed by atoms with E-state index in [1.165, 1.54) is 6.92 Å². The van der Waals surface area contributed by atoms with Crippen LogP contribution in [0.25, 0.3) is 0 Å². The lowest BCUT2D eigenvalue weighted by Crippen LogP contribution is -2.39. The quantitative estimate of drug-likeness (QED) is 0.530. The normalized spacial score (nSPS) is 17.6. The molecule has 0 aromatic carbocycles. The summed E-state index contributed by atoms with van der Waals surface area (Å²) >= 11 is 0. The summed E-state index contributed by atoms with van der Waals surface area (Å²) in [6.45, 7) is 1.26. The maximum atomic E-state index is 13.2. The molecule has 0 amide bonds. The average molecular weight is 197 g/mol. The summed E-state index contributed by atoms with van der Waals surface area (Å²) in [5, 5.41) is 9.90. The number of carboxylic acid groups (broad SMARTS) is 1. The van der Waals surface area contributed by atoms with Crippen LogP contribution < -0.4 is 5.32 Å². The van der Waals surface area contributed by atoms with E-state index in [0.29, 0.717) is 0 Å². The van der Waals surface area contributed by atoms with E-state index in [0.717, 1.165) is 7.05 Å². The van der Waals surface area contributed by atoms with Crippen molar-refractivity contribution in [3.05, 3.63) is 11.7 Å². The summed E-state index contributed by atoms with van der Waals surface area (Å²) in [5.74, 6) is -8.92. The van der Waals surface area contributed by atoms with E-state index < -0.39 is 29.8 Å². The molecule has 0 aliphatic heterocycles. The Morgan fingerprint density at radius 2 is 2.00 bits per heavy atom. The van der Waals surface area contributed by atoms with Crippen molar-refractivity contribution in [1.82, 2.24) is 5.32 Å². The smallest absolute Gasteiger partial charge is 0.367 e. The molecular weight excluding hydrogens is 187 g/mol. The van der Waals surface area contributed by atoms with E-state index >= 15 is 0 Å². The maximum absolute atomic E-state index is 13.2. The molecule has 76 valence electrons. The second kappa shape index (κ2) is 4.27. The Balaban J connectivity index is 5.04. The van der Waals surface area contributed by atoms with Crippen LogP contribution in [-0.4, -0.2) is 23.9 Å². The largest absolute Gasteiger partial charge is 0.476 e. The summed E-state index contributed by atoms with van der Waals surface area (Å²) in [6, 6.07) is 0. The summed E-state index contributed by atoms with van der Waals surface area (Å²) in [5.41, 5.74) is 0. The lowest BCUT2D eigenvalue weighted by molar-refractivity contribution is -0.134. The first-order valence-corrected chi connectivity index (χ1v) is 3.56. The zero-order valence-electron chi connectivity index (χ0n) is 7.20. The van der Waals surface area contributed by atoms with Crippen molar-refractivity contribution in [3.63, 3.8) is 0 Å². The molecule has 0 spiro atoms. The first-order valence-electron chi connectivity index (χ1n) is 3.56. The first-order chi connectivity index (χ1) is 5.89. The number of nitrogens with one attached hydrogen (secondary N) is 1. The van der Waals surface area contributed by atoms with Crippen LogP contribution in [-0.2, 0) is 4.79 Å². The van der Waals surface area contributed by atoms with Crippen LogP contribution in [0.2, 0.25) is 0 Å². The Kier molecular flexibility index (Phi) is 3.93. The second-order valence-corrected chi connectivity index (χ2v) is 2.34. The van der Waals surface area contributed by atoms with Gasteiger partial charge in [0.2, 0.25) is 11.6 Å². The van der Waals surface area contributed by atoms with Gasteiger partial charge in [-0.2, -0.15) is 4.39 Å². The predicted molar refractivity (Wildman–Crippen MR) is 40.1 cm³/mol. The molecule has 1 atom stereocenters. The molecule has 3 nitrogen and oxygen atoms in total. The Labute approximate surface area is 73.2 Å². The topological polar surface area (TPSA) is 49.3 Å². The zero-order chi connectivity index (χ0) is 10.6. The van der Waals surface area contributed by atoms with Crippen LogP contribution >= 0.6 is 0 Å². The third-order valence-electron chi connectivity index (χ3n) is 1.61. The van der Waals surface area contributed by atoms with Crippen LogP contribution in [0.3, 0.4) is 0 Å². The Bertz CT molecular complexity index is 236. The number of hydrogen-bond donors (Lipinski definition) is 2. The number of alkyl halides is 1. The van der Waals surface area contributed by atoms with Crippen LogP contribution in [0.15, 0.2) is 11.7 Å². The molecule has 1 unspecified atom stereocenters. The van der Waals surface area contributed by atoms with E-state index in [4.69, 9.17) is 5.11 Å². The van der Waals surface area contributed by atoms with Crippen LogP contribution in [0.1, 0.15) is 13.3 Å². The van der Waals surface area contributed by atoms with E-state index in [1.54, 1.807) is 0 Å². The molecule has 2 N–H and O–H groups in total. The van der Waals surface area contributed by atoms with E-state index in [2.05, 4.69) is 0 Å². The molecule has 0 aliphatic rings. The van der Waals surface area contributed by atoms with Crippen molar-refractivity contribution in [2.75, 3.05) is 7.05 Å². The molecule has 0 rings (SSSR count). The number of rotatable bonds is 4. The maximum Gasteiger partial charge on any atom is 0.367 e. The molecule has 0 saturated heterocycles.